The second-order valence-electron chi connectivity index (χ2n) is 19.7. The predicted molar refractivity (Wildman–Crippen MR) is 279 cm³/mol. The predicted octanol–water partition coefficient (Wildman–Crippen LogP) is 1.04. The minimum absolute atomic E-state index is 0.107. The van der Waals surface area contributed by atoms with Gasteiger partial charge in [0.2, 0.25) is 11.8 Å². The molecule has 27 nitrogen and oxygen atoms in total. The lowest BCUT2D eigenvalue weighted by molar-refractivity contribution is -0.382. The number of rotatable bonds is 24. The zero-order valence-corrected chi connectivity index (χ0v) is 47.1. The average Bonchev–Trinajstić information content (AvgIpc) is 2.74. The van der Waals surface area contributed by atoms with Crippen molar-refractivity contribution in [1.29, 1.82) is 0 Å². The first-order valence-corrected chi connectivity index (χ1v) is 26.4. The van der Waals surface area contributed by atoms with Gasteiger partial charge in [0.05, 0.1) is 46.0 Å². The molecule has 3 aliphatic heterocycles. The smallest absolute Gasteiger partial charge is 0.366 e. The molecule has 454 valence electrons. The van der Waals surface area contributed by atoms with Crippen LogP contribution in [0, 0.1) is 0 Å². The molecule has 27 heteroatoms. The number of nitrogens with one attached hydrogen (secondary N) is 2. The lowest BCUT2D eigenvalue weighted by Crippen LogP contribution is -2.72. The molecule has 3 aromatic carbocycles. The van der Waals surface area contributed by atoms with E-state index in [-0.39, 0.29) is 13.2 Å². The van der Waals surface area contributed by atoms with Gasteiger partial charge in [0.15, 0.2) is 37.0 Å². The van der Waals surface area contributed by atoms with Crippen molar-refractivity contribution in [1.82, 2.24) is 10.6 Å². The van der Waals surface area contributed by atoms with E-state index in [9.17, 15) is 53.4 Å². The van der Waals surface area contributed by atoms with Gasteiger partial charge in [-0.25, -0.2) is 4.79 Å². The number of carbonyl (C=O) groups excluding carboxylic acids is 9. The molecular weight excluding hydrogens is 1100 g/mol. The molecule has 3 saturated heterocycles. The summed E-state index contributed by atoms with van der Waals surface area (Å²) in [5, 5.41) is 29.6. The molecule has 4 N–H and O–H groups in total. The molecule has 3 aliphatic rings. The second-order valence-corrected chi connectivity index (χ2v) is 19.7. The molecule has 3 aromatic rings. The molecule has 0 aromatic heterocycles. The van der Waals surface area contributed by atoms with Crippen LogP contribution in [0.15, 0.2) is 72.8 Å². The van der Waals surface area contributed by atoms with Gasteiger partial charge in [-0.15, -0.1) is 0 Å². The van der Waals surface area contributed by atoms with E-state index in [2.05, 4.69) is 10.6 Å². The molecule has 16 atom stereocenters. The fraction of sp³-hybridized carbons (Fsp3) is 0.554. The van der Waals surface area contributed by atoms with Gasteiger partial charge < -0.3 is 87.2 Å². The van der Waals surface area contributed by atoms with Crippen molar-refractivity contribution in [3.05, 3.63) is 83.9 Å². The highest BCUT2D eigenvalue weighted by Crippen LogP contribution is 2.42. The summed E-state index contributed by atoms with van der Waals surface area (Å²) in [6, 6.07) is 18.7. The third-order valence-corrected chi connectivity index (χ3v) is 13.2. The van der Waals surface area contributed by atoms with Crippen molar-refractivity contribution in [3.8, 4) is 0 Å². The SMILES string of the molecule is COC(=O)[C@@]1(O[C@H]2[C@@H](OC(C)=O)[C@@H](COCc3ccc4ccccc4c3)O[C@@H](O[C@H]3[C@@H](O)[C@@H](CO)O[C@H](OCc4ccccc4)[C@@H]3NC(C)=O)[C@@H]2OC(C)=O)C[C@H](OC(C)=O)[C@@H](NC(C)=O)[C@H]([C@H](OC(C)=O)[C@@H](COC(C)=O)OC(C)=O)O1. The lowest BCUT2D eigenvalue weighted by atomic mass is 9.87. The molecule has 0 spiro atoms. The summed E-state index contributed by atoms with van der Waals surface area (Å²) in [5.41, 5.74) is 1.33. The number of methoxy groups -OCH3 is 1. The van der Waals surface area contributed by atoms with Crippen LogP contribution < -0.4 is 10.6 Å². The number of aliphatic hydroxyl groups is 2. The molecule has 6 rings (SSSR count). The third-order valence-electron chi connectivity index (χ3n) is 13.2. The highest BCUT2D eigenvalue weighted by molar-refractivity contribution is 5.83. The van der Waals surface area contributed by atoms with E-state index >= 15 is 0 Å². The standard InChI is InChI=1S/C56H70N2O25/c1-28(60)57-44-40(74-31(4)63)22-56(55(69)70-9,82-50(44)47(76-33(6)65)43(75-32(5)64)27-72-30(3)62)83-51-48(77-34(7)66)42(26-71-24-37-19-20-38-17-13-14-18-39(38)21-37)80-54(52(51)78-35(8)67)81-49-45(58-29(2)61)53(79-41(23-59)46(49)68)73-25-36-15-11-10-12-16-36/h10-21,40-54,59,68H,22-27H2,1-9H3,(H,57,60)(H,58,61)/t40-,41+,42+,43+,44+,45+,46-,47+,48-,49+,50+,51-,52+,53-,54-,56-/m0/s1. The number of carbonyl (C=O) groups is 9. The fourth-order valence-electron chi connectivity index (χ4n) is 9.94. The minimum Gasteiger partial charge on any atom is -0.465 e. The largest absolute Gasteiger partial charge is 0.465 e. The first kappa shape index (κ1) is 65.0. The summed E-state index contributed by atoms with van der Waals surface area (Å²) < 4.78 is 84.5. The second kappa shape index (κ2) is 29.9. The number of hydrogen-bond donors (Lipinski definition) is 4. The number of esters is 7. The highest BCUT2D eigenvalue weighted by Gasteiger charge is 2.64. The van der Waals surface area contributed by atoms with E-state index in [1.165, 1.54) is 0 Å². The summed E-state index contributed by atoms with van der Waals surface area (Å²) in [4.78, 5) is 119. The maximum Gasteiger partial charge on any atom is 0.366 e. The lowest BCUT2D eigenvalue weighted by Gasteiger charge is -2.52. The van der Waals surface area contributed by atoms with Gasteiger partial charge >= 0.3 is 41.8 Å². The Bertz CT molecular complexity index is 2760. The number of ether oxygens (including phenoxy) is 14. The van der Waals surface area contributed by atoms with Crippen LogP contribution in [-0.2, 0) is 123 Å². The van der Waals surface area contributed by atoms with Gasteiger partial charge in [0.1, 0.15) is 55.4 Å². The maximum absolute atomic E-state index is 14.9. The fourth-order valence-corrected chi connectivity index (χ4v) is 9.94. The zero-order chi connectivity index (χ0) is 60.7. The van der Waals surface area contributed by atoms with E-state index in [4.69, 9.17) is 66.3 Å². The Kier molecular flexibility index (Phi) is 23.4. The van der Waals surface area contributed by atoms with Gasteiger partial charge in [-0.1, -0.05) is 66.7 Å². The summed E-state index contributed by atoms with van der Waals surface area (Å²) in [6.07, 6.45) is -24.8. The summed E-state index contributed by atoms with van der Waals surface area (Å²) in [7, 11) is 0.896. The van der Waals surface area contributed by atoms with Crippen LogP contribution in [0.2, 0.25) is 0 Å². The quantitative estimate of drug-likeness (QED) is 0.0719. The molecule has 0 saturated carbocycles. The van der Waals surface area contributed by atoms with Gasteiger partial charge in [0, 0.05) is 55.4 Å². The number of benzene rings is 3. The number of aliphatic hydroxyl groups excluding tert-OH is 2. The summed E-state index contributed by atoms with van der Waals surface area (Å²) in [5.74, 6) is -12.1. The van der Waals surface area contributed by atoms with E-state index in [1.54, 1.807) is 36.4 Å². The van der Waals surface area contributed by atoms with E-state index < -0.39 is 177 Å². The Balaban J connectivity index is 1.55. The molecule has 0 unspecified atom stereocenters. The van der Waals surface area contributed by atoms with Crippen LogP contribution in [0.4, 0.5) is 0 Å². The van der Waals surface area contributed by atoms with Crippen molar-refractivity contribution in [2.24, 2.45) is 0 Å². The summed E-state index contributed by atoms with van der Waals surface area (Å²) >= 11 is 0. The number of amides is 2. The van der Waals surface area contributed by atoms with Gasteiger partial charge in [0.25, 0.3) is 5.79 Å². The molecule has 3 heterocycles. The topological polar surface area (TPSA) is 347 Å². The highest BCUT2D eigenvalue weighted by atomic mass is 16.8. The maximum atomic E-state index is 14.9. The minimum atomic E-state index is -3.07. The first-order chi connectivity index (χ1) is 39.4. The zero-order valence-electron chi connectivity index (χ0n) is 47.1. The monoisotopic (exact) mass is 1170 g/mol. The molecular formula is C56H70N2O25. The van der Waals surface area contributed by atoms with E-state index in [0.29, 0.717) is 11.1 Å². The Hall–Kier alpha value is -7.21. The van der Waals surface area contributed by atoms with Crippen molar-refractivity contribution >= 4 is 64.4 Å². The van der Waals surface area contributed by atoms with Crippen LogP contribution in [0.1, 0.15) is 72.9 Å². The molecule has 0 aliphatic carbocycles. The molecule has 0 radical (unpaired) electrons. The van der Waals surface area contributed by atoms with Crippen LogP contribution >= 0.6 is 0 Å². The Morgan fingerprint density at radius 3 is 1.86 bits per heavy atom. The van der Waals surface area contributed by atoms with E-state index in [1.807, 2.05) is 36.4 Å². The molecule has 0 bridgehead atoms. The van der Waals surface area contributed by atoms with Crippen LogP contribution in [0.5, 0.6) is 0 Å². The van der Waals surface area contributed by atoms with Crippen LogP contribution in [0.3, 0.4) is 0 Å². The average molecular weight is 1170 g/mol. The van der Waals surface area contributed by atoms with Crippen molar-refractivity contribution in [2.75, 3.05) is 26.9 Å². The number of fused-ring (bicyclic) bond motifs is 1. The number of hydrogen-bond acceptors (Lipinski definition) is 25. The molecule has 83 heavy (non-hydrogen) atoms. The van der Waals surface area contributed by atoms with Crippen molar-refractivity contribution < 1.29 is 120 Å². The van der Waals surface area contributed by atoms with E-state index in [0.717, 1.165) is 73.3 Å². The molecule has 2 amide bonds. The Morgan fingerprint density at radius 2 is 1.25 bits per heavy atom. The third kappa shape index (κ3) is 17.7. The van der Waals surface area contributed by atoms with Crippen molar-refractivity contribution in [3.63, 3.8) is 0 Å². The van der Waals surface area contributed by atoms with Gasteiger partial charge in [-0.3, -0.25) is 38.4 Å². The van der Waals surface area contributed by atoms with Crippen LogP contribution in [0.25, 0.3) is 10.8 Å². The van der Waals surface area contributed by atoms with Gasteiger partial charge in [-0.05, 0) is 28.0 Å². The Labute approximate surface area is 476 Å². The molecule has 3 fully saturated rings. The Morgan fingerprint density at radius 1 is 0.639 bits per heavy atom. The van der Waals surface area contributed by atoms with Crippen molar-refractivity contribution in [2.45, 2.75) is 173 Å². The van der Waals surface area contributed by atoms with Gasteiger partial charge in [-0.2, -0.15) is 0 Å². The summed E-state index contributed by atoms with van der Waals surface area (Å²) in [6.45, 7) is 5.68. The normalized spacial score (nSPS) is 28.4. The first-order valence-electron chi connectivity index (χ1n) is 26.4. The van der Waals surface area contributed by atoms with Crippen LogP contribution in [-0.4, -0.2) is 188 Å².